The van der Waals surface area contributed by atoms with Gasteiger partial charge in [-0.05, 0) is 13.3 Å². The van der Waals surface area contributed by atoms with Gasteiger partial charge in [-0.2, -0.15) is 0 Å². The summed E-state index contributed by atoms with van der Waals surface area (Å²) in [4.78, 5) is 34.2. The largest absolute Gasteiger partial charge is 0.480 e. The van der Waals surface area contributed by atoms with Crippen molar-refractivity contribution in [3.63, 3.8) is 0 Å². The number of ketones is 1. The molecule has 1 amide bonds. The summed E-state index contributed by atoms with van der Waals surface area (Å²) in [6.45, 7) is 3.17. The molecule has 0 rings (SSSR count). The molecule has 2 atom stereocenters. The van der Waals surface area contributed by atoms with Gasteiger partial charge in [-0.15, -0.1) is 0 Å². The molecule has 0 spiro atoms. The Balaban J connectivity index is 5.35. The first-order valence-corrected chi connectivity index (χ1v) is 5.13. The van der Waals surface area contributed by atoms with Crippen molar-refractivity contribution in [3.05, 3.63) is 0 Å². The quantitative estimate of drug-likeness (QED) is 0.516. The number of carboxylic acid groups (broad SMARTS) is 1. The number of primary amides is 1. The average molecular weight is 230 g/mol. The van der Waals surface area contributed by atoms with Gasteiger partial charge in [0.1, 0.15) is 0 Å². The van der Waals surface area contributed by atoms with Crippen molar-refractivity contribution >= 4 is 17.7 Å². The van der Waals surface area contributed by atoms with E-state index in [4.69, 9.17) is 16.6 Å². The molecule has 0 saturated heterocycles. The lowest BCUT2D eigenvalue weighted by molar-refractivity contribution is -0.160. The Hall–Kier alpha value is -1.43. The summed E-state index contributed by atoms with van der Waals surface area (Å²) in [6.07, 6.45) is 0.983. The fourth-order valence-corrected chi connectivity index (χ4v) is 1.52. The molecule has 0 aliphatic rings. The maximum Gasteiger partial charge on any atom is 0.326 e. The van der Waals surface area contributed by atoms with Crippen LogP contribution in [-0.2, 0) is 14.4 Å². The lowest BCUT2D eigenvalue weighted by Crippen LogP contribution is -2.54. The van der Waals surface area contributed by atoms with Gasteiger partial charge in [0.05, 0.1) is 6.04 Å². The molecule has 5 N–H and O–H groups in total. The summed E-state index contributed by atoms with van der Waals surface area (Å²) >= 11 is 0. The normalized spacial score (nSPS) is 16.2. The van der Waals surface area contributed by atoms with Crippen molar-refractivity contribution < 1.29 is 19.5 Å². The zero-order valence-electron chi connectivity index (χ0n) is 9.53. The Morgan fingerprint density at radius 3 is 2.12 bits per heavy atom. The van der Waals surface area contributed by atoms with E-state index in [9.17, 15) is 14.4 Å². The highest BCUT2D eigenvalue weighted by molar-refractivity contribution is 6.22. The van der Waals surface area contributed by atoms with Crippen molar-refractivity contribution in [1.82, 2.24) is 0 Å². The topological polar surface area (TPSA) is 123 Å². The number of nitrogens with two attached hydrogens (primary N) is 2. The molecule has 0 aromatic rings. The minimum Gasteiger partial charge on any atom is -0.480 e. The third kappa shape index (κ3) is 2.57. The van der Waals surface area contributed by atoms with Crippen LogP contribution in [0.15, 0.2) is 0 Å². The Bertz CT molecular complexity index is 285. The van der Waals surface area contributed by atoms with E-state index in [2.05, 4.69) is 0 Å². The SMILES string of the molecule is CCCCC(C(N)=O)(C(=O)O)C(=O)C(C)N. The molecule has 0 radical (unpaired) electrons. The number of unbranched alkanes of at least 4 members (excludes halogenated alkanes) is 1. The molecule has 0 aromatic carbocycles. The van der Waals surface area contributed by atoms with E-state index in [0.717, 1.165) is 0 Å². The average Bonchev–Trinajstić information content (AvgIpc) is 2.17. The minimum atomic E-state index is -2.18. The van der Waals surface area contributed by atoms with E-state index >= 15 is 0 Å². The molecule has 2 unspecified atom stereocenters. The fourth-order valence-electron chi connectivity index (χ4n) is 1.52. The van der Waals surface area contributed by atoms with Gasteiger partial charge in [0.25, 0.3) is 0 Å². The third-order valence-corrected chi connectivity index (χ3v) is 2.53. The van der Waals surface area contributed by atoms with E-state index < -0.39 is 29.1 Å². The molecule has 0 aliphatic carbocycles. The second kappa shape index (κ2) is 5.60. The predicted molar refractivity (Wildman–Crippen MR) is 57.4 cm³/mol. The molecular weight excluding hydrogens is 212 g/mol. The van der Waals surface area contributed by atoms with Crippen LogP contribution in [0.2, 0.25) is 0 Å². The molecule has 16 heavy (non-hydrogen) atoms. The van der Waals surface area contributed by atoms with Gasteiger partial charge < -0.3 is 16.6 Å². The minimum absolute atomic E-state index is 0.103. The van der Waals surface area contributed by atoms with Gasteiger partial charge in [-0.25, -0.2) is 0 Å². The molecule has 0 fully saturated rings. The molecule has 0 heterocycles. The number of carbonyl (C=O) groups is 3. The van der Waals surface area contributed by atoms with Gasteiger partial charge in [-0.3, -0.25) is 14.4 Å². The van der Waals surface area contributed by atoms with Crippen LogP contribution in [0.25, 0.3) is 0 Å². The zero-order valence-corrected chi connectivity index (χ0v) is 9.53. The predicted octanol–water partition coefficient (Wildman–Crippen LogP) is -0.351. The number of rotatable bonds is 7. The lowest BCUT2D eigenvalue weighted by atomic mass is 9.76. The highest BCUT2D eigenvalue weighted by atomic mass is 16.4. The number of carbonyl (C=O) groups excluding carboxylic acids is 2. The van der Waals surface area contributed by atoms with Gasteiger partial charge in [0.15, 0.2) is 5.78 Å². The highest BCUT2D eigenvalue weighted by Crippen LogP contribution is 2.27. The molecule has 92 valence electrons. The zero-order chi connectivity index (χ0) is 12.9. The summed E-state index contributed by atoms with van der Waals surface area (Å²) in [5.41, 5.74) is 8.23. The number of Topliss-reactive ketones (excluding diaryl/α,β-unsaturated/α-hetero) is 1. The van der Waals surface area contributed by atoms with Crippen molar-refractivity contribution in [2.75, 3.05) is 0 Å². The number of hydrogen-bond donors (Lipinski definition) is 3. The van der Waals surface area contributed by atoms with Crippen molar-refractivity contribution in [3.8, 4) is 0 Å². The molecule has 0 aromatic heterocycles. The first-order valence-electron chi connectivity index (χ1n) is 5.13. The van der Waals surface area contributed by atoms with Crippen LogP contribution in [0.1, 0.15) is 33.1 Å². The van der Waals surface area contributed by atoms with Crippen molar-refractivity contribution in [1.29, 1.82) is 0 Å². The molecule has 6 heteroatoms. The van der Waals surface area contributed by atoms with Gasteiger partial charge in [-0.1, -0.05) is 19.8 Å². The van der Waals surface area contributed by atoms with Crippen molar-refractivity contribution in [2.45, 2.75) is 39.2 Å². The smallest absolute Gasteiger partial charge is 0.326 e. The van der Waals surface area contributed by atoms with Crippen LogP contribution in [-0.4, -0.2) is 28.8 Å². The molecule has 0 bridgehead atoms. The van der Waals surface area contributed by atoms with Crippen molar-refractivity contribution in [2.24, 2.45) is 16.9 Å². The second-order valence-corrected chi connectivity index (χ2v) is 3.83. The lowest BCUT2D eigenvalue weighted by Gasteiger charge is -2.25. The standard InChI is InChI=1S/C10H18N2O4/c1-3-4-5-10(8(12)14,9(15)16)7(13)6(2)11/h6H,3-5,11H2,1-2H3,(H2,12,14)(H,15,16). The van der Waals surface area contributed by atoms with Gasteiger partial charge in [0.2, 0.25) is 11.3 Å². The first kappa shape index (κ1) is 14.6. The van der Waals surface area contributed by atoms with Crippen LogP contribution >= 0.6 is 0 Å². The summed E-state index contributed by atoms with van der Waals surface area (Å²) in [5.74, 6) is -3.49. The second-order valence-electron chi connectivity index (χ2n) is 3.83. The maximum atomic E-state index is 11.7. The maximum absolute atomic E-state index is 11.7. The van der Waals surface area contributed by atoms with E-state index in [-0.39, 0.29) is 6.42 Å². The molecule has 6 nitrogen and oxygen atoms in total. The summed E-state index contributed by atoms with van der Waals surface area (Å²) < 4.78 is 0. The molecular formula is C10H18N2O4. The Morgan fingerprint density at radius 2 is 1.88 bits per heavy atom. The van der Waals surface area contributed by atoms with Crippen LogP contribution in [0, 0.1) is 5.41 Å². The number of aliphatic carboxylic acids is 1. The van der Waals surface area contributed by atoms with E-state index in [1.54, 1.807) is 0 Å². The number of carboxylic acids is 1. The van der Waals surface area contributed by atoms with Gasteiger partial charge in [0, 0.05) is 0 Å². The summed E-state index contributed by atoms with van der Waals surface area (Å²) in [7, 11) is 0. The molecule has 0 aliphatic heterocycles. The first-order chi connectivity index (χ1) is 7.30. The van der Waals surface area contributed by atoms with Crippen LogP contribution < -0.4 is 11.5 Å². The summed E-state index contributed by atoms with van der Waals surface area (Å²) in [6, 6.07) is -1.03. The summed E-state index contributed by atoms with van der Waals surface area (Å²) in [5, 5.41) is 9.06. The Kier molecular flexibility index (Phi) is 5.10. The van der Waals surface area contributed by atoms with E-state index in [0.29, 0.717) is 12.8 Å². The van der Waals surface area contributed by atoms with Crippen LogP contribution in [0.4, 0.5) is 0 Å². The highest BCUT2D eigenvalue weighted by Gasteiger charge is 2.51. The Morgan fingerprint density at radius 1 is 1.38 bits per heavy atom. The van der Waals surface area contributed by atoms with Crippen LogP contribution in [0.5, 0.6) is 0 Å². The van der Waals surface area contributed by atoms with E-state index in [1.807, 2.05) is 6.92 Å². The van der Waals surface area contributed by atoms with Crippen LogP contribution in [0.3, 0.4) is 0 Å². The van der Waals surface area contributed by atoms with Gasteiger partial charge >= 0.3 is 5.97 Å². The van der Waals surface area contributed by atoms with E-state index in [1.165, 1.54) is 6.92 Å². The monoisotopic (exact) mass is 230 g/mol. The Labute approximate surface area is 94.0 Å². The number of amides is 1. The number of hydrogen-bond acceptors (Lipinski definition) is 4. The third-order valence-electron chi connectivity index (χ3n) is 2.53. The molecule has 0 saturated carbocycles. The fraction of sp³-hybridized carbons (Fsp3) is 0.700.